The number of benzene rings is 1. The molecular formula is C20H20F2N4O5. The third-order valence-corrected chi connectivity index (χ3v) is 5.38. The fraction of sp³-hybridized carbons (Fsp3) is 0.350. The number of ether oxygens (including phenoxy) is 1. The number of hydrogen-bond acceptors (Lipinski definition) is 6. The molecule has 1 aromatic heterocycles. The number of hydrogen-bond donors (Lipinski definition) is 2. The molecule has 0 unspecified atom stereocenters. The first-order valence-corrected chi connectivity index (χ1v) is 9.69. The Kier molecular flexibility index (Phi) is 5.36. The van der Waals surface area contributed by atoms with Crippen LogP contribution in [0, 0.1) is 11.6 Å². The van der Waals surface area contributed by atoms with E-state index in [-0.39, 0.29) is 24.4 Å². The lowest BCUT2D eigenvalue weighted by molar-refractivity contribution is 0.00573. The van der Waals surface area contributed by atoms with Gasteiger partial charge < -0.3 is 20.1 Å². The number of halogens is 2. The van der Waals surface area contributed by atoms with Crippen molar-refractivity contribution in [3.63, 3.8) is 0 Å². The van der Waals surface area contributed by atoms with E-state index in [9.17, 15) is 28.3 Å². The van der Waals surface area contributed by atoms with E-state index in [1.54, 1.807) is 11.9 Å². The third kappa shape index (κ3) is 3.50. The van der Waals surface area contributed by atoms with Crippen LogP contribution in [0.1, 0.15) is 33.3 Å². The Hall–Kier alpha value is -3.47. The summed E-state index contributed by atoms with van der Waals surface area (Å²) in [5.41, 5.74) is -1.63. The van der Waals surface area contributed by atoms with Gasteiger partial charge in [-0.25, -0.2) is 8.78 Å². The van der Waals surface area contributed by atoms with Crippen molar-refractivity contribution in [1.29, 1.82) is 0 Å². The second kappa shape index (κ2) is 7.99. The zero-order chi connectivity index (χ0) is 22.3. The molecule has 31 heavy (non-hydrogen) atoms. The molecule has 2 aliphatic rings. The minimum atomic E-state index is -1.01. The molecule has 1 saturated heterocycles. The number of aromatic nitrogens is 1. The highest BCUT2D eigenvalue weighted by molar-refractivity contribution is 5.99. The average molecular weight is 434 g/mol. The second-order valence-corrected chi connectivity index (χ2v) is 7.14. The van der Waals surface area contributed by atoms with Gasteiger partial charge in [0.05, 0.1) is 19.8 Å². The van der Waals surface area contributed by atoms with E-state index in [0.717, 1.165) is 6.07 Å². The highest BCUT2D eigenvalue weighted by Crippen LogP contribution is 2.26. The van der Waals surface area contributed by atoms with Crippen molar-refractivity contribution in [3.8, 4) is 5.75 Å². The van der Waals surface area contributed by atoms with Gasteiger partial charge in [-0.15, -0.1) is 0 Å². The first-order chi connectivity index (χ1) is 14.8. The van der Waals surface area contributed by atoms with Gasteiger partial charge in [-0.2, -0.15) is 0 Å². The minimum Gasteiger partial charge on any atom is -0.502 e. The number of nitrogens with one attached hydrogen (secondary N) is 1. The Morgan fingerprint density at radius 3 is 2.81 bits per heavy atom. The van der Waals surface area contributed by atoms with E-state index in [4.69, 9.17) is 4.74 Å². The summed E-state index contributed by atoms with van der Waals surface area (Å²) in [7, 11) is 0. The summed E-state index contributed by atoms with van der Waals surface area (Å²) in [5, 5.41) is 14.6. The van der Waals surface area contributed by atoms with Gasteiger partial charge in [-0.3, -0.25) is 24.1 Å². The lowest BCUT2D eigenvalue weighted by Crippen LogP contribution is -2.65. The fourth-order valence-corrected chi connectivity index (χ4v) is 3.80. The van der Waals surface area contributed by atoms with Crippen molar-refractivity contribution in [1.82, 2.24) is 14.9 Å². The molecule has 0 saturated carbocycles. The predicted octanol–water partition coefficient (Wildman–Crippen LogP) is 0.532. The number of morpholine rings is 1. The molecule has 9 nitrogen and oxygen atoms in total. The van der Waals surface area contributed by atoms with Gasteiger partial charge in [0.25, 0.3) is 11.8 Å². The molecule has 0 bridgehead atoms. The Labute approximate surface area is 175 Å². The predicted molar refractivity (Wildman–Crippen MR) is 104 cm³/mol. The zero-order valence-corrected chi connectivity index (χ0v) is 16.6. The van der Waals surface area contributed by atoms with E-state index < -0.39 is 46.4 Å². The van der Waals surface area contributed by atoms with Crippen LogP contribution in [-0.4, -0.2) is 59.0 Å². The summed E-state index contributed by atoms with van der Waals surface area (Å²) in [6.45, 7) is 2.77. The molecular weight excluding hydrogens is 414 g/mol. The van der Waals surface area contributed by atoms with Crippen molar-refractivity contribution in [2.75, 3.05) is 31.3 Å². The Morgan fingerprint density at radius 1 is 1.32 bits per heavy atom. The van der Waals surface area contributed by atoms with Gasteiger partial charge in [-0.05, 0) is 13.0 Å². The summed E-state index contributed by atoms with van der Waals surface area (Å²) in [4.78, 5) is 39.7. The fourth-order valence-electron chi connectivity index (χ4n) is 3.80. The van der Waals surface area contributed by atoms with E-state index >= 15 is 0 Å². The molecule has 0 aliphatic carbocycles. The maximum absolute atomic E-state index is 13.8. The van der Waals surface area contributed by atoms with E-state index in [1.165, 1.54) is 21.8 Å². The molecule has 2 N–H and O–H groups in total. The average Bonchev–Trinajstić information content (AvgIpc) is 2.75. The number of carbonyl (C=O) groups excluding carboxylic acids is 2. The van der Waals surface area contributed by atoms with Gasteiger partial charge in [0.2, 0.25) is 5.43 Å². The molecule has 1 atom stereocenters. The summed E-state index contributed by atoms with van der Waals surface area (Å²) in [6.07, 6.45) is 0.738. The van der Waals surface area contributed by atoms with Crippen LogP contribution in [-0.2, 0) is 11.3 Å². The summed E-state index contributed by atoms with van der Waals surface area (Å²) < 4.78 is 33.6. The number of pyridine rings is 1. The van der Waals surface area contributed by atoms with Crippen LogP contribution in [0.5, 0.6) is 5.75 Å². The molecule has 1 fully saturated rings. The number of fused-ring (bicyclic) bond motifs is 3. The Bertz CT molecular complexity index is 1120. The van der Waals surface area contributed by atoms with Crippen LogP contribution in [0.2, 0.25) is 0 Å². The lowest BCUT2D eigenvalue weighted by atomic mass is 10.1. The highest BCUT2D eigenvalue weighted by Gasteiger charge is 2.41. The number of amides is 2. The lowest BCUT2D eigenvalue weighted by Gasteiger charge is -2.48. The minimum absolute atomic E-state index is 0.0269. The Morgan fingerprint density at radius 2 is 2.10 bits per heavy atom. The Balaban J connectivity index is 1.69. The number of carbonyl (C=O) groups is 2. The molecule has 1 aromatic carbocycles. The first kappa shape index (κ1) is 20.8. The molecule has 3 heterocycles. The molecule has 2 aromatic rings. The maximum Gasteiger partial charge on any atom is 0.278 e. The van der Waals surface area contributed by atoms with Crippen LogP contribution in [0.15, 0.2) is 29.2 Å². The van der Waals surface area contributed by atoms with Gasteiger partial charge in [0.1, 0.15) is 23.4 Å². The highest BCUT2D eigenvalue weighted by atomic mass is 19.1. The summed E-state index contributed by atoms with van der Waals surface area (Å²) in [6, 6.07) is 2.91. The largest absolute Gasteiger partial charge is 0.502 e. The van der Waals surface area contributed by atoms with Crippen molar-refractivity contribution in [2.24, 2.45) is 0 Å². The molecule has 0 radical (unpaired) electrons. The zero-order valence-electron chi connectivity index (χ0n) is 16.6. The smallest absolute Gasteiger partial charge is 0.278 e. The number of rotatable bonds is 4. The van der Waals surface area contributed by atoms with Crippen LogP contribution in [0.4, 0.5) is 8.78 Å². The molecule has 2 aliphatic heterocycles. The van der Waals surface area contributed by atoms with Crippen LogP contribution >= 0.6 is 0 Å². The monoisotopic (exact) mass is 434 g/mol. The van der Waals surface area contributed by atoms with Crippen molar-refractivity contribution in [2.45, 2.75) is 19.6 Å². The van der Waals surface area contributed by atoms with Crippen molar-refractivity contribution < 1.29 is 28.2 Å². The van der Waals surface area contributed by atoms with E-state index in [1.807, 2.05) is 0 Å². The maximum atomic E-state index is 13.8. The number of likely N-dealkylation sites (N-methyl/N-ethyl adjacent to an activating group) is 1. The number of nitrogens with zero attached hydrogens (tertiary/aromatic N) is 3. The topological polar surface area (TPSA) is 104 Å². The van der Waals surface area contributed by atoms with Crippen molar-refractivity contribution in [3.05, 3.63) is 63.1 Å². The van der Waals surface area contributed by atoms with Gasteiger partial charge >= 0.3 is 0 Å². The SMILES string of the molecule is CCN1C(=O)c2c(O)c(=O)c(C(=O)NCc3ccc(F)cc3F)cn2N2CCOC[C@@H]12. The van der Waals surface area contributed by atoms with E-state index in [0.29, 0.717) is 25.8 Å². The molecule has 4 rings (SSSR count). The summed E-state index contributed by atoms with van der Waals surface area (Å²) >= 11 is 0. The quantitative estimate of drug-likeness (QED) is 0.728. The standard InChI is InChI=1S/C20H20F2N4O5/c1-2-24-15-10-31-6-5-25(15)26-9-13(17(27)18(28)16(26)20(24)30)19(29)23-8-11-3-4-12(21)7-14(11)22/h3-4,7,9,15,28H,2,5-6,8,10H2,1H3,(H,23,29)/t15-/m0/s1. The normalized spacial score (nSPS) is 17.9. The van der Waals surface area contributed by atoms with Crippen LogP contribution < -0.4 is 15.8 Å². The van der Waals surface area contributed by atoms with Gasteiger partial charge in [0, 0.05) is 30.9 Å². The van der Waals surface area contributed by atoms with Crippen molar-refractivity contribution >= 4 is 11.8 Å². The molecule has 0 spiro atoms. The second-order valence-electron chi connectivity index (χ2n) is 7.14. The van der Waals surface area contributed by atoms with Gasteiger partial charge in [0.15, 0.2) is 11.4 Å². The molecule has 2 amide bonds. The van der Waals surface area contributed by atoms with Gasteiger partial charge in [-0.1, -0.05) is 6.07 Å². The van der Waals surface area contributed by atoms with E-state index in [2.05, 4.69) is 5.32 Å². The summed E-state index contributed by atoms with van der Waals surface area (Å²) in [5.74, 6) is -3.85. The number of aromatic hydroxyl groups is 1. The third-order valence-electron chi connectivity index (χ3n) is 5.38. The van der Waals surface area contributed by atoms with Crippen LogP contribution in [0.3, 0.4) is 0 Å². The van der Waals surface area contributed by atoms with Crippen LogP contribution in [0.25, 0.3) is 0 Å². The molecule has 164 valence electrons. The molecule has 11 heteroatoms. The first-order valence-electron chi connectivity index (χ1n) is 9.69.